The predicted octanol–water partition coefficient (Wildman–Crippen LogP) is 3.53. The first-order chi connectivity index (χ1) is 7.22. The summed E-state index contributed by atoms with van der Waals surface area (Å²) in [5, 5.41) is 0.874. The van der Waals surface area contributed by atoms with E-state index in [4.69, 9.17) is 11.6 Å². The van der Waals surface area contributed by atoms with Gasteiger partial charge in [-0.15, -0.1) is 11.6 Å². The molecule has 0 amide bonds. The molecule has 1 unspecified atom stereocenters. The van der Waals surface area contributed by atoms with E-state index in [2.05, 4.69) is 16.9 Å². The Morgan fingerprint density at radius 3 is 2.60 bits per heavy atom. The fraction of sp³-hybridized carbons (Fsp3) is 0.636. The largest absolute Gasteiger partial charge is 0.231 e. The first kappa shape index (κ1) is 12.8. The number of rotatable bonds is 6. The van der Waals surface area contributed by atoms with Crippen LogP contribution in [-0.2, 0) is 0 Å². The number of hydrogen-bond acceptors (Lipinski definition) is 3. The van der Waals surface area contributed by atoms with Crippen molar-refractivity contribution in [2.45, 2.75) is 31.8 Å². The highest BCUT2D eigenvalue weighted by Crippen LogP contribution is 2.17. The van der Waals surface area contributed by atoms with Crippen molar-refractivity contribution >= 4 is 23.4 Å². The summed E-state index contributed by atoms with van der Waals surface area (Å²) in [6.07, 6.45) is 5.99. The molecular weight excluding hydrogens is 228 g/mol. The minimum Gasteiger partial charge on any atom is -0.231 e. The highest BCUT2D eigenvalue weighted by molar-refractivity contribution is 7.99. The van der Waals surface area contributed by atoms with Crippen molar-refractivity contribution < 1.29 is 0 Å². The third-order valence-electron chi connectivity index (χ3n) is 2.20. The van der Waals surface area contributed by atoms with E-state index in [0.29, 0.717) is 5.92 Å². The lowest BCUT2D eigenvalue weighted by Gasteiger charge is -2.07. The second kappa shape index (κ2) is 7.07. The Morgan fingerprint density at radius 1 is 1.33 bits per heavy atom. The second-order valence-electron chi connectivity index (χ2n) is 3.76. The van der Waals surface area contributed by atoms with E-state index in [0.717, 1.165) is 28.8 Å². The molecule has 0 aliphatic carbocycles. The smallest absolute Gasteiger partial charge is 0.187 e. The minimum atomic E-state index is 0.695. The maximum Gasteiger partial charge on any atom is 0.187 e. The van der Waals surface area contributed by atoms with Gasteiger partial charge in [0.25, 0.3) is 0 Å². The molecule has 0 saturated heterocycles. The number of nitrogens with zero attached hydrogens (tertiary/aromatic N) is 2. The summed E-state index contributed by atoms with van der Waals surface area (Å²) in [5.74, 6) is 2.52. The Balaban J connectivity index is 2.22. The average Bonchev–Trinajstić information content (AvgIpc) is 2.21. The topological polar surface area (TPSA) is 25.8 Å². The predicted molar refractivity (Wildman–Crippen MR) is 66.6 cm³/mol. The zero-order valence-corrected chi connectivity index (χ0v) is 10.8. The first-order valence-electron chi connectivity index (χ1n) is 5.19. The fourth-order valence-electron chi connectivity index (χ4n) is 1.14. The average molecular weight is 245 g/mol. The molecule has 1 atom stereocenters. The van der Waals surface area contributed by atoms with Crippen molar-refractivity contribution in [1.82, 2.24) is 9.97 Å². The van der Waals surface area contributed by atoms with E-state index in [1.54, 1.807) is 11.8 Å². The molecule has 4 heteroatoms. The Labute approximate surface area is 101 Å². The summed E-state index contributed by atoms with van der Waals surface area (Å²) in [6, 6.07) is 0. The van der Waals surface area contributed by atoms with Gasteiger partial charge in [-0.2, -0.15) is 0 Å². The first-order valence-corrected chi connectivity index (χ1v) is 6.71. The van der Waals surface area contributed by atoms with E-state index >= 15 is 0 Å². The van der Waals surface area contributed by atoms with Gasteiger partial charge in [-0.1, -0.05) is 18.7 Å². The van der Waals surface area contributed by atoms with E-state index < -0.39 is 0 Å². The molecule has 1 rings (SSSR count). The SMILES string of the molecule is Cc1cnc(SCCC(C)CCCl)nc1. The third kappa shape index (κ3) is 5.38. The second-order valence-corrected chi connectivity index (χ2v) is 5.20. The molecule has 0 saturated carbocycles. The molecule has 0 aliphatic rings. The quantitative estimate of drug-likeness (QED) is 0.435. The monoisotopic (exact) mass is 244 g/mol. The third-order valence-corrected chi connectivity index (χ3v) is 3.33. The highest BCUT2D eigenvalue weighted by Gasteiger charge is 2.02. The number of hydrogen-bond donors (Lipinski definition) is 0. The van der Waals surface area contributed by atoms with Gasteiger partial charge >= 0.3 is 0 Å². The molecule has 0 N–H and O–H groups in total. The lowest BCUT2D eigenvalue weighted by molar-refractivity contribution is 0.551. The van der Waals surface area contributed by atoms with Gasteiger partial charge in [0.05, 0.1) is 0 Å². The zero-order chi connectivity index (χ0) is 11.1. The Bertz CT molecular complexity index is 276. The Morgan fingerprint density at radius 2 is 2.00 bits per heavy atom. The number of aryl methyl sites for hydroxylation is 1. The van der Waals surface area contributed by atoms with Crippen LogP contribution in [0.1, 0.15) is 25.3 Å². The number of thioether (sulfide) groups is 1. The van der Waals surface area contributed by atoms with Crippen molar-refractivity contribution in [3.8, 4) is 0 Å². The van der Waals surface area contributed by atoms with Gasteiger partial charge in [0.2, 0.25) is 0 Å². The van der Waals surface area contributed by atoms with Crippen LogP contribution in [-0.4, -0.2) is 21.6 Å². The van der Waals surface area contributed by atoms with Gasteiger partial charge in [0.15, 0.2) is 5.16 Å². The van der Waals surface area contributed by atoms with Crippen LogP contribution in [0.15, 0.2) is 17.6 Å². The highest BCUT2D eigenvalue weighted by atomic mass is 35.5. The van der Waals surface area contributed by atoms with Gasteiger partial charge in [0.1, 0.15) is 0 Å². The number of aromatic nitrogens is 2. The van der Waals surface area contributed by atoms with Crippen LogP contribution in [0.2, 0.25) is 0 Å². The molecule has 0 aromatic carbocycles. The van der Waals surface area contributed by atoms with Crippen LogP contribution < -0.4 is 0 Å². The molecule has 0 radical (unpaired) electrons. The van der Waals surface area contributed by atoms with Crippen molar-refractivity contribution in [2.75, 3.05) is 11.6 Å². The van der Waals surface area contributed by atoms with Crippen molar-refractivity contribution in [3.05, 3.63) is 18.0 Å². The summed E-state index contributed by atoms with van der Waals surface area (Å²) in [5.41, 5.74) is 1.11. The van der Waals surface area contributed by atoms with Gasteiger partial charge in [-0.05, 0) is 31.2 Å². The van der Waals surface area contributed by atoms with E-state index in [1.165, 1.54) is 6.42 Å². The molecular formula is C11H17ClN2S. The summed E-state index contributed by atoms with van der Waals surface area (Å²) in [7, 11) is 0. The van der Waals surface area contributed by atoms with Crippen LogP contribution in [0, 0.1) is 12.8 Å². The molecule has 1 heterocycles. The van der Waals surface area contributed by atoms with Crippen molar-refractivity contribution in [1.29, 1.82) is 0 Å². The zero-order valence-electron chi connectivity index (χ0n) is 9.24. The normalized spacial score (nSPS) is 12.7. The van der Waals surface area contributed by atoms with Gasteiger partial charge in [-0.25, -0.2) is 9.97 Å². The molecule has 84 valence electrons. The molecule has 0 fully saturated rings. The van der Waals surface area contributed by atoms with Crippen LogP contribution in [0.25, 0.3) is 0 Å². The molecule has 1 aromatic heterocycles. The number of halogens is 1. The molecule has 15 heavy (non-hydrogen) atoms. The fourth-order valence-corrected chi connectivity index (χ4v) is 2.47. The van der Waals surface area contributed by atoms with Crippen molar-refractivity contribution in [3.63, 3.8) is 0 Å². The molecule has 0 bridgehead atoms. The number of alkyl halides is 1. The van der Waals surface area contributed by atoms with Crippen LogP contribution >= 0.6 is 23.4 Å². The lowest BCUT2D eigenvalue weighted by atomic mass is 10.1. The maximum atomic E-state index is 5.68. The van der Waals surface area contributed by atoms with Crippen LogP contribution in [0.3, 0.4) is 0 Å². The van der Waals surface area contributed by atoms with E-state index in [9.17, 15) is 0 Å². The molecule has 0 spiro atoms. The standard InChI is InChI=1S/C11H17ClN2S/c1-9(3-5-12)4-6-15-11-13-7-10(2)8-14-11/h7-9H,3-6H2,1-2H3. The molecule has 0 aliphatic heterocycles. The van der Waals surface area contributed by atoms with Crippen molar-refractivity contribution in [2.24, 2.45) is 5.92 Å². The summed E-state index contributed by atoms with van der Waals surface area (Å²) in [6.45, 7) is 4.23. The van der Waals surface area contributed by atoms with Crippen LogP contribution in [0.5, 0.6) is 0 Å². The Kier molecular flexibility index (Phi) is 6.03. The van der Waals surface area contributed by atoms with Gasteiger partial charge in [0, 0.05) is 24.0 Å². The molecule has 1 aromatic rings. The summed E-state index contributed by atoms with van der Waals surface area (Å²) < 4.78 is 0. The van der Waals surface area contributed by atoms with E-state index in [-0.39, 0.29) is 0 Å². The minimum absolute atomic E-state index is 0.695. The van der Waals surface area contributed by atoms with Gasteiger partial charge < -0.3 is 0 Å². The van der Waals surface area contributed by atoms with E-state index in [1.807, 2.05) is 19.3 Å². The molecule has 2 nitrogen and oxygen atoms in total. The lowest BCUT2D eigenvalue weighted by Crippen LogP contribution is -1.98. The summed E-state index contributed by atoms with van der Waals surface area (Å²) in [4.78, 5) is 8.49. The summed E-state index contributed by atoms with van der Waals surface area (Å²) >= 11 is 7.40. The maximum absolute atomic E-state index is 5.68. The van der Waals surface area contributed by atoms with Crippen LogP contribution in [0.4, 0.5) is 0 Å². The Hall–Kier alpha value is -0.280. The van der Waals surface area contributed by atoms with Gasteiger partial charge in [-0.3, -0.25) is 0 Å².